The van der Waals surface area contributed by atoms with E-state index in [1.807, 2.05) is 42.5 Å². The van der Waals surface area contributed by atoms with Crippen molar-refractivity contribution in [2.75, 3.05) is 18.0 Å². The Balaban J connectivity index is 1.38. The Hall–Kier alpha value is -3.42. The maximum absolute atomic E-state index is 6.05. The van der Waals surface area contributed by atoms with Crippen LogP contribution in [-0.4, -0.2) is 34.1 Å². The van der Waals surface area contributed by atoms with Crippen molar-refractivity contribution in [3.8, 4) is 11.5 Å². The van der Waals surface area contributed by atoms with Gasteiger partial charge in [0.05, 0.1) is 0 Å². The van der Waals surface area contributed by atoms with Crippen molar-refractivity contribution in [2.45, 2.75) is 32.3 Å². The first-order chi connectivity index (χ1) is 14.2. The van der Waals surface area contributed by atoms with Crippen LogP contribution in [0.1, 0.15) is 43.7 Å². The fourth-order valence-corrected chi connectivity index (χ4v) is 3.18. The molecule has 0 radical (unpaired) electrons. The first kappa shape index (κ1) is 18.9. The van der Waals surface area contributed by atoms with Gasteiger partial charge in [-0.05, 0) is 50.5 Å². The summed E-state index contributed by atoms with van der Waals surface area (Å²) in [5.41, 5.74) is 7.60. The molecule has 8 nitrogen and oxygen atoms in total. The second-order valence-corrected chi connectivity index (χ2v) is 6.99. The molecule has 2 N–H and O–H groups in total. The number of rotatable bonds is 6. The molecular weight excluding hydrogens is 368 g/mol. The van der Waals surface area contributed by atoms with Gasteiger partial charge in [0.1, 0.15) is 5.82 Å². The van der Waals surface area contributed by atoms with Crippen molar-refractivity contribution in [3.05, 3.63) is 60.1 Å². The van der Waals surface area contributed by atoms with Crippen LogP contribution < -0.4 is 10.6 Å². The quantitative estimate of drug-likeness (QED) is 0.389. The lowest BCUT2D eigenvalue weighted by atomic mass is 10.1. The summed E-state index contributed by atoms with van der Waals surface area (Å²) in [6.07, 6.45) is 4.90. The van der Waals surface area contributed by atoms with Gasteiger partial charge in [0.2, 0.25) is 12.0 Å². The summed E-state index contributed by atoms with van der Waals surface area (Å²) >= 11 is 0. The van der Waals surface area contributed by atoms with E-state index in [0.29, 0.717) is 17.3 Å². The van der Waals surface area contributed by atoms with E-state index in [0.717, 1.165) is 24.5 Å². The molecule has 4 rings (SSSR count). The zero-order valence-corrected chi connectivity index (χ0v) is 16.4. The smallest absolute Gasteiger partial charge is 0.259 e. The number of piperidine rings is 1. The number of pyridine rings is 1. The molecule has 0 aliphatic carbocycles. The number of benzene rings is 1. The monoisotopic (exact) mass is 392 g/mol. The Morgan fingerprint density at radius 2 is 1.90 bits per heavy atom. The molecule has 8 heteroatoms. The number of aromatic nitrogens is 3. The van der Waals surface area contributed by atoms with Crippen LogP contribution in [0, 0.1) is 0 Å². The van der Waals surface area contributed by atoms with Crippen LogP contribution in [0.4, 0.5) is 5.82 Å². The number of hydrogen-bond acceptors (Lipinski definition) is 7. The SMILES string of the molecule is C[C@@H](O/N=C(\N)c1ccc(N2CCCCC2)nc1)c1nnc(-c2ccccc2)o1. The molecule has 1 aliphatic heterocycles. The van der Waals surface area contributed by atoms with E-state index in [1.165, 1.54) is 19.3 Å². The Morgan fingerprint density at radius 3 is 2.62 bits per heavy atom. The number of nitrogens with zero attached hydrogens (tertiary/aromatic N) is 5. The minimum Gasteiger partial charge on any atom is -0.417 e. The van der Waals surface area contributed by atoms with E-state index >= 15 is 0 Å². The summed E-state index contributed by atoms with van der Waals surface area (Å²) in [5, 5.41) is 12.1. The largest absolute Gasteiger partial charge is 0.417 e. The lowest BCUT2D eigenvalue weighted by Crippen LogP contribution is -2.30. The summed E-state index contributed by atoms with van der Waals surface area (Å²) in [5.74, 6) is 1.98. The topological polar surface area (TPSA) is 103 Å². The van der Waals surface area contributed by atoms with Gasteiger partial charge in [0, 0.05) is 30.4 Å². The van der Waals surface area contributed by atoms with Crippen molar-refractivity contribution in [1.82, 2.24) is 15.2 Å². The molecule has 3 heterocycles. The molecule has 0 bridgehead atoms. The molecule has 3 aromatic rings. The highest BCUT2D eigenvalue weighted by Gasteiger charge is 2.17. The minimum absolute atomic E-state index is 0.248. The lowest BCUT2D eigenvalue weighted by molar-refractivity contribution is 0.0526. The highest BCUT2D eigenvalue weighted by Crippen LogP contribution is 2.22. The van der Waals surface area contributed by atoms with Gasteiger partial charge in [-0.25, -0.2) is 4.98 Å². The van der Waals surface area contributed by atoms with Gasteiger partial charge >= 0.3 is 0 Å². The van der Waals surface area contributed by atoms with Crippen molar-refractivity contribution < 1.29 is 9.25 Å². The van der Waals surface area contributed by atoms with Gasteiger partial charge in [-0.2, -0.15) is 0 Å². The van der Waals surface area contributed by atoms with Gasteiger partial charge in [0.25, 0.3) is 5.89 Å². The van der Waals surface area contributed by atoms with Gasteiger partial charge in [-0.1, -0.05) is 23.4 Å². The van der Waals surface area contributed by atoms with Crippen molar-refractivity contribution >= 4 is 11.7 Å². The number of amidine groups is 1. The maximum Gasteiger partial charge on any atom is 0.259 e. The van der Waals surface area contributed by atoms with E-state index < -0.39 is 6.10 Å². The van der Waals surface area contributed by atoms with Crippen molar-refractivity contribution in [3.63, 3.8) is 0 Å². The molecule has 0 spiro atoms. The van der Waals surface area contributed by atoms with Crippen molar-refractivity contribution in [1.29, 1.82) is 0 Å². The second kappa shape index (κ2) is 8.72. The van der Waals surface area contributed by atoms with Crippen LogP contribution in [-0.2, 0) is 4.84 Å². The van der Waals surface area contributed by atoms with Gasteiger partial charge < -0.3 is 19.9 Å². The first-order valence-electron chi connectivity index (χ1n) is 9.80. The average molecular weight is 392 g/mol. The highest BCUT2D eigenvalue weighted by atomic mass is 16.6. The standard InChI is InChI=1S/C21H24N6O2/c1-15(20-24-25-21(28-20)16-8-4-2-5-9-16)29-26-19(22)17-10-11-18(23-14-17)27-12-6-3-7-13-27/h2,4-5,8-11,14-15H,3,6-7,12-13H2,1H3,(H2,22,26)/t15-/m1/s1. The normalized spacial score (nSPS) is 15.9. The molecular formula is C21H24N6O2. The highest BCUT2D eigenvalue weighted by molar-refractivity contribution is 5.96. The van der Waals surface area contributed by atoms with E-state index in [4.69, 9.17) is 15.0 Å². The second-order valence-electron chi connectivity index (χ2n) is 6.99. The molecule has 29 heavy (non-hydrogen) atoms. The summed E-state index contributed by atoms with van der Waals surface area (Å²) in [7, 11) is 0. The average Bonchev–Trinajstić information content (AvgIpc) is 3.29. The molecule has 150 valence electrons. The molecule has 1 saturated heterocycles. The Bertz CT molecular complexity index is 949. The third-order valence-corrected chi connectivity index (χ3v) is 4.84. The number of nitrogens with two attached hydrogens (primary N) is 1. The van der Waals surface area contributed by atoms with E-state index in [-0.39, 0.29) is 5.84 Å². The number of anilines is 1. The molecule has 1 aliphatic rings. The number of oxime groups is 1. The molecule has 2 aromatic heterocycles. The van der Waals surface area contributed by atoms with Gasteiger partial charge in [-0.15, -0.1) is 10.2 Å². The van der Waals surface area contributed by atoms with Crippen LogP contribution in [0.2, 0.25) is 0 Å². The summed E-state index contributed by atoms with van der Waals surface area (Å²) in [4.78, 5) is 12.3. The Morgan fingerprint density at radius 1 is 1.10 bits per heavy atom. The molecule has 1 atom stereocenters. The fourth-order valence-electron chi connectivity index (χ4n) is 3.18. The molecule has 1 fully saturated rings. The van der Waals surface area contributed by atoms with Gasteiger partial charge in [0.15, 0.2) is 5.84 Å². The zero-order chi connectivity index (χ0) is 20.1. The summed E-state index contributed by atoms with van der Waals surface area (Å²) < 4.78 is 5.68. The van der Waals surface area contributed by atoms with Crippen LogP contribution >= 0.6 is 0 Å². The van der Waals surface area contributed by atoms with Crippen LogP contribution in [0.5, 0.6) is 0 Å². The fraction of sp³-hybridized carbons (Fsp3) is 0.333. The van der Waals surface area contributed by atoms with Crippen LogP contribution in [0.15, 0.2) is 58.2 Å². The first-order valence-corrected chi connectivity index (χ1v) is 9.80. The Labute approximate surface area is 169 Å². The maximum atomic E-state index is 6.05. The number of hydrogen-bond donors (Lipinski definition) is 1. The van der Waals surface area contributed by atoms with Crippen molar-refractivity contribution in [2.24, 2.45) is 10.9 Å². The summed E-state index contributed by atoms with van der Waals surface area (Å²) in [6.45, 7) is 3.87. The minimum atomic E-state index is -0.529. The molecule has 1 aromatic carbocycles. The van der Waals surface area contributed by atoms with Gasteiger partial charge in [-0.3, -0.25) is 0 Å². The predicted octanol–water partition coefficient (Wildman–Crippen LogP) is 3.52. The zero-order valence-electron chi connectivity index (χ0n) is 16.4. The van der Waals surface area contributed by atoms with E-state index in [9.17, 15) is 0 Å². The third kappa shape index (κ3) is 4.53. The third-order valence-electron chi connectivity index (χ3n) is 4.84. The van der Waals surface area contributed by atoms with Crippen LogP contribution in [0.25, 0.3) is 11.5 Å². The lowest BCUT2D eigenvalue weighted by Gasteiger charge is -2.27. The molecule has 0 unspecified atom stereocenters. The van der Waals surface area contributed by atoms with E-state index in [1.54, 1.807) is 13.1 Å². The summed E-state index contributed by atoms with van der Waals surface area (Å²) in [6, 6.07) is 13.4. The Kier molecular flexibility index (Phi) is 5.69. The molecule has 0 saturated carbocycles. The van der Waals surface area contributed by atoms with E-state index in [2.05, 4.69) is 25.2 Å². The predicted molar refractivity (Wildman–Crippen MR) is 110 cm³/mol. The molecule has 0 amide bonds. The van der Waals surface area contributed by atoms with Crippen LogP contribution in [0.3, 0.4) is 0 Å².